The van der Waals surface area contributed by atoms with Gasteiger partial charge in [-0.05, 0) is 24.6 Å². The van der Waals surface area contributed by atoms with Crippen LogP contribution in [0.1, 0.15) is 5.56 Å². The van der Waals surface area contributed by atoms with Crippen molar-refractivity contribution in [1.29, 1.82) is 0 Å². The van der Waals surface area contributed by atoms with Gasteiger partial charge in [0.1, 0.15) is 6.54 Å². The molecule has 1 aromatic rings. The predicted molar refractivity (Wildman–Crippen MR) is 67.3 cm³/mol. The number of carbonyl (C=O) groups is 2. The number of carbonyl (C=O) groups excluding carboxylic acids is 2. The van der Waals surface area contributed by atoms with Gasteiger partial charge in [-0.2, -0.15) is 0 Å². The Bertz CT molecular complexity index is 383. The molecule has 0 atom stereocenters. The first kappa shape index (κ1) is 15.7. The Morgan fingerprint density at radius 2 is 2.12 bits per heavy atom. The predicted octanol–water partition coefficient (Wildman–Crippen LogP) is 2.21. The molecule has 0 heterocycles. The van der Waals surface area contributed by atoms with Gasteiger partial charge in [0.2, 0.25) is 6.41 Å². The van der Waals surface area contributed by atoms with Crippen molar-refractivity contribution in [3.8, 4) is 0 Å². The van der Waals surface area contributed by atoms with Crippen LogP contribution >= 0.6 is 23.2 Å². The molecule has 0 saturated heterocycles. The molecule has 1 rings (SSSR count). The van der Waals surface area contributed by atoms with E-state index in [0.717, 1.165) is 10.6 Å². The lowest BCUT2D eigenvalue weighted by atomic mass is 10.2. The van der Waals surface area contributed by atoms with E-state index in [2.05, 4.69) is 10.1 Å². The van der Waals surface area contributed by atoms with Gasteiger partial charge >= 0.3 is 5.97 Å². The molecule has 0 spiro atoms. The number of methoxy groups -OCH3 is 1. The van der Waals surface area contributed by atoms with Gasteiger partial charge in [0.15, 0.2) is 0 Å². The van der Waals surface area contributed by atoms with E-state index < -0.39 is 5.97 Å². The first-order valence-electron chi connectivity index (χ1n) is 4.66. The highest BCUT2D eigenvalue weighted by Gasteiger charge is 1.94. The number of rotatable bonds is 3. The van der Waals surface area contributed by atoms with Gasteiger partial charge < -0.3 is 10.1 Å². The molecule has 0 bridgehead atoms. The van der Waals surface area contributed by atoms with Crippen molar-refractivity contribution in [3.05, 3.63) is 33.8 Å². The number of aryl methyl sites for hydroxylation is 1. The fraction of sp³-hybridized carbons (Fsp3) is 0.273. The van der Waals surface area contributed by atoms with Crippen molar-refractivity contribution in [1.82, 2.24) is 5.32 Å². The highest BCUT2D eigenvalue weighted by Crippen LogP contribution is 2.19. The average Bonchev–Trinajstić information content (AvgIpc) is 2.32. The molecular formula is C11H13Cl2NO3. The maximum atomic E-state index is 10.1. The van der Waals surface area contributed by atoms with Crippen molar-refractivity contribution in [3.63, 3.8) is 0 Å². The third kappa shape index (κ3) is 7.60. The molecule has 1 amide bonds. The zero-order chi connectivity index (χ0) is 13.3. The zero-order valence-electron chi connectivity index (χ0n) is 9.50. The van der Waals surface area contributed by atoms with E-state index in [-0.39, 0.29) is 6.54 Å². The van der Waals surface area contributed by atoms with Crippen molar-refractivity contribution >= 4 is 35.6 Å². The Kier molecular flexibility index (Phi) is 8.19. The molecule has 0 saturated carbocycles. The standard InChI is InChI=1S/C7H6Cl2.C4H7NO3/c1-5-2-3-6(8)4-7(5)9;1-8-4(7)2-5-3-6/h2-4H,1H3;3H,2H2,1H3,(H,5,6). The fourth-order valence-corrected chi connectivity index (χ4v) is 1.17. The minimum absolute atomic E-state index is 0.0556. The summed E-state index contributed by atoms with van der Waals surface area (Å²) in [6.07, 6.45) is 0.441. The molecule has 6 heteroatoms. The first-order valence-corrected chi connectivity index (χ1v) is 5.42. The molecule has 0 radical (unpaired) electrons. The fourth-order valence-electron chi connectivity index (χ4n) is 0.764. The number of ether oxygens (including phenoxy) is 1. The monoisotopic (exact) mass is 277 g/mol. The van der Waals surface area contributed by atoms with Crippen LogP contribution in [0.5, 0.6) is 0 Å². The van der Waals surface area contributed by atoms with E-state index in [1.165, 1.54) is 7.11 Å². The minimum Gasteiger partial charge on any atom is -0.468 e. The maximum absolute atomic E-state index is 10.1. The Hall–Kier alpha value is -1.26. The van der Waals surface area contributed by atoms with Gasteiger partial charge in [0.05, 0.1) is 7.11 Å². The molecule has 0 aliphatic heterocycles. The van der Waals surface area contributed by atoms with Crippen LogP contribution in [0.15, 0.2) is 18.2 Å². The number of benzene rings is 1. The van der Waals surface area contributed by atoms with Crippen LogP contribution in [0.4, 0.5) is 0 Å². The topological polar surface area (TPSA) is 55.4 Å². The molecular weight excluding hydrogens is 265 g/mol. The molecule has 0 aliphatic carbocycles. The largest absolute Gasteiger partial charge is 0.468 e. The van der Waals surface area contributed by atoms with E-state index in [1.807, 2.05) is 19.1 Å². The Labute approximate surface area is 110 Å². The number of halogens is 2. The lowest BCUT2D eigenvalue weighted by molar-refractivity contribution is -0.140. The number of hydrogen-bond acceptors (Lipinski definition) is 3. The van der Waals surface area contributed by atoms with E-state index in [1.54, 1.807) is 6.07 Å². The molecule has 17 heavy (non-hydrogen) atoms. The lowest BCUT2D eigenvalue weighted by Gasteiger charge is -1.94. The molecule has 1 aromatic carbocycles. The second kappa shape index (κ2) is 8.84. The second-order valence-corrected chi connectivity index (χ2v) is 3.81. The second-order valence-electron chi connectivity index (χ2n) is 2.97. The summed E-state index contributed by atoms with van der Waals surface area (Å²) in [5.74, 6) is -0.447. The summed E-state index contributed by atoms with van der Waals surface area (Å²) in [6.45, 7) is 1.89. The smallest absolute Gasteiger partial charge is 0.325 e. The Morgan fingerprint density at radius 3 is 2.53 bits per heavy atom. The molecule has 0 fully saturated rings. The summed E-state index contributed by atoms with van der Waals surface area (Å²) < 4.78 is 4.19. The van der Waals surface area contributed by atoms with Gasteiger partial charge in [-0.15, -0.1) is 0 Å². The van der Waals surface area contributed by atoms with Crippen LogP contribution in [0, 0.1) is 6.92 Å². The highest BCUT2D eigenvalue weighted by molar-refractivity contribution is 6.35. The van der Waals surface area contributed by atoms with Crippen molar-refractivity contribution in [2.24, 2.45) is 0 Å². The molecule has 0 aromatic heterocycles. The Morgan fingerprint density at radius 1 is 1.47 bits per heavy atom. The molecule has 94 valence electrons. The highest BCUT2D eigenvalue weighted by atomic mass is 35.5. The van der Waals surface area contributed by atoms with Crippen LogP contribution in [0.25, 0.3) is 0 Å². The molecule has 0 unspecified atom stereocenters. The van der Waals surface area contributed by atoms with Gasteiger partial charge in [-0.1, -0.05) is 29.3 Å². The van der Waals surface area contributed by atoms with Gasteiger partial charge in [0.25, 0.3) is 0 Å². The van der Waals surface area contributed by atoms with Crippen molar-refractivity contribution in [2.45, 2.75) is 6.92 Å². The van der Waals surface area contributed by atoms with Gasteiger partial charge in [-0.25, -0.2) is 0 Å². The van der Waals surface area contributed by atoms with Crippen LogP contribution < -0.4 is 5.32 Å². The maximum Gasteiger partial charge on any atom is 0.325 e. The first-order chi connectivity index (χ1) is 8.01. The SMILES string of the molecule is COC(=O)CNC=O.Cc1ccc(Cl)cc1Cl. The summed E-state index contributed by atoms with van der Waals surface area (Å²) >= 11 is 11.4. The summed E-state index contributed by atoms with van der Waals surface area (Å²) in [7, 11) is 1.26. The number of hydrogen-bond donors (Lipinski definition) is 1. The van der Waals surface area contributed by atoms with Crippen molar-refractivity contribution in [2.75, 3.05) is 13.7 Å². The zero-order valence-corrected chi connectivity index (χ0v) is 11.0. The quantitative estimate of drug-likeness (QED) is 0.681. The summed E-state index contributed by atoms with van der Waals surface area (Å²) in [4.78, 5) is 19.6. The van der Waals surface area contributed by atoms with Crippen molar-refractivity contribution < 1.29 is 14.3 Å². The van der Waals surface area contributed by atoms with Crippen LogP contribution in [-0.4, -0.2) is 26.0 Å². The van der Waals surface area contributed by atoms with Crippen LogP contribution in [0.2, 0.25) is 10.0 Å². The third-order valence-electron chi connectivity index (χ3n) is 1.69. The van der Waals surface area contributed by atoms with E-state index in [4.69, 9.17) is 23.2 Å². The summed E-state index contributed by atoms with van der Waals surface area (Å²) in [6, 6.07) is 5.45. The Balaban J connectivity index is 0.000000304. The van der Waals surface area contributed by atoms with Gasteiger partial charge in [-0.3, -0.25) is 9.59 Å². The molecule has 4 nitrogen and oxygen atoms in total. The van der Waals surface area contributed by atoms with E-state index >= 15 is 0 Å². The lowest BCUT2D eigenvalue weighted by Crippen LogP contribution is -2.21. The number of amides is 1. The van der Waals surface area contributed by atoms with Gasteiger partial charge in [0, 0.05) is 10.0 Å². The number of nitrogens with one attached hydrogen (secondary N) is 1. The molecule has 1 N–H and O–H groups in total. The minimum atomic E-state index is -0.447. The van der Waals surface area contributed by atoms with Crippen LogP contribution in [-0.2, 0) is 14.3 Å². The normalized spacial score (nSPS) is 8.71. The third-order valence-corrected chi connectivity index (χ3v) is 2.33. The van der Waals surface area contributed by atoms with E-state index in [0.29, 0.717) is 11.4 Å². The average molecular weight is 278 g/mol. The summed E-state index contributed by atoms with van der Waals surface area (Å²) in [5, 5.41) is 3.55. The summed E-state index contributed by atoms with van der Waals surface area (Å²) in [5.41, 5.74) is 1.06. The number of esters is 1. The molecule has 0 aliphatic rings. The van der Waals surface area contributed by atoms with E-state index in [9.17, 15) is 9.59 Å². The van der Waals surface area contributed by atoms with Crippen LogP contribution in [0.3, 0.4) is 0 Å².